The first-order valence-electron chi connectivity index (χ1n) is 14.9. The van der Waals surface area contributed by atoms with Crippen molar-refractivity contribution in [2.75, 3.05) is 10.8 Å². The van der Waals surface area contributed by atoms with Crippen molar-refractivity contribution in [3.05, 3.63) is 95.1 Å². The van der Waals surface area contributed by atoms with Gasteiger partial charge in [-0.2, -0.15) is 0 Å². The van der Waals surface area contributed by atoms with Crippen molar-refractivity contribution in [1.29, 1.82) is 0 Å². The summed E-state index contributed by atoms with van der Waals surface area (Å²) in [5.41, 5.74) is 4.03. The van der Waals surface area contributed by atoms with Crippen molar-refractivity contribution in [3.8, 4) is 0 Å². The third-order valence-electron chi connectivity index (χ3n) is 8.05. The molecular weight excluding hydrogens is 546 g/mol. The molecule has 1 fully saturated rings. The SMILES string of the molecule is CC[C@H](C(=O)NC1CCCCC1)N(Cc1ccc(C)cc1)C(=O)CN(c1cc(C)ccc1C)S(=O)(=O)c1ccccc1. The van der Waals surface area contributed by atoms with Crippen LogP contribution in [0.3, 0.4) is 0 Å². The molecule has 1 saturated carbocycles. The molecular formula is C34H43N3O4S. The van der Waals surface area contributed by atoms with Gasteiger partial charge in [-0.25, -0.2) is 8.42 Å². The van der Waals surface area contributed by atoms with Crippen LogP contribution in [-0.2, 0) is 26.2 Å². The first kappa shape index (κ1) is 31.3. The number of sulfonamides is 1. The van der Waals surface area contributed by atoms with Crippen molar-refractivity contribution < 1.29 is 18.0 Å². The number of carbonyl (C=O) groups excluding carboxylic acids is 2. The largest absolute Gasteiger partial charge is 0.352 e. The van der Waals surface area contributed by atoms with E-state index in [1.54, 1.807) is 29.2 Å². The van der Waals surface area contributed by atoms with Gasteiger partial charge in [0.1, 0.15) is 12.6 Å². The van der Waals surface area contributed by atoms with Gasteiger partial charge in [-0.1, -0.05) is 86.3 Å². The topological polar surface area (TPSA) is 86.8 Å². The van der Waals surface area contributed by atoms with Gasteiger partial charge in [0.2, 0.25) is 11.8 Å². The molecule has 1 atom stereocenters. The lowest BCUT2D eigenvalue weighted by Gasteiger charge is -2.35. The maximum absolute atomic E-state index is 14.3. The number of nitrogens with one attached hydrogen (secondary N) is 1. The summed E-state index contributed by atoms with van der Waals surface area (Å²) in [6.45, 7) is 7.38. The molecule has 0 radical (unpaired) electrons. The van der Waals surface area contributed by atoms with E-state index in [1.807, 2.05) is 64.1 Å². The monoisotopic (exact) mass is 589 g/mol. The highest BCUT2D eigenvalue weighted by molar-refractivity contribution is 7.92. The number of rotatable bonds is 11. The summed E-state index contributed by atoms with van der Waals surface area (Å²) in [5.74, 6) is -0.615. The normalized spacial score (nSPS) is 14.7. The van der Waals surface area contributed by atoms with Gasteiger partial charge in [0.05, 0.1) is 10.6 Å². The van der Waals surface area contributed by atoms with Crippen molar-refractivity contribution in [3.63, 3.8) is 0 Å². The minimum atomic E-state index is -4.09. The van der Waals surface area contributed by atoms with E-state index >= 15 is 0 Å². The maximum atomic E-state index is 14.3. The van der Waals surface area contributed by atoms with Gasteiger partial charge in [0.25, 0.3) is 10.0 Å². The molecule has 3 aromatic rings. The van der Waals surface area contributed by atoms with Crippen molar-refractivity contribution in [2.45, 2.75) is 89.7 Å². The standard InChI is InChI=1S/C34H43N3O4S/c1-5-31(34(39)35-29-12-8-6-9-13-29)36(23-28-20-17-25(2)18-21-28)33(38)24-37(32-22-26(3)16-19-27(32)4)42(40,41)30-14-10-7-11-15-30/h7,10-11,14-22,29,31H,5-6,8-9,12-13,23-24H2,1-4H3,(H,35,39)/t31-/m1/s1. The van der Waals surface area contributed by atoms with Crippen LogP contribution in [0.15, 0.2) is 77.7 Å². The lowest BCUT2D eigenvalue weighted by molar-refractivity contribution is -0.140. The molecule has 0 spiro atoms. The average molecular weight is 590 g/mol. The molecule has 0 saturated heterocycles. The second kappa shape index (κ2) is 14.0. The molecule has 0 heterocycles. The summed E-state index contributed by atoms with van der Waals surface area (Å²) in [5, 5.41) is 3.19. The second-order valence-electron chi connectivity index (χ2n) is 11.4. The van der Waals surface area contributed by atoms with Gasteiger partial charge in [-0.05, 0) is 74.9 Å². The number of carbonyl (C=O) groups is 2. The zero-order valence-electron chi connectivity index (χ0n) is 25.2. The van der Waals surface area contributed by atoms with E-state index in [0.29, 0.717) is 12.1 Å². The summed E-state index contributed by atoms with van der Waals surface area (Å²) in [7, 11) is -4.09. The van der Waals surface area contributed by atoms with Crippen molar-refractivity contribution in [2.24, 2.45) is 0 Å². The van der Waals surface area contributed by atoms with E-state index < -0.39 is 28.5 Å². The average Bonchev–Trinajstić information content (AvgIpc) is 2.99. The lowest BCUT2D eigenvalue weighted by atomic mass is 9.95. The lowest BCUT2D eigenvalue weighted by Crippen LogP contribution is -2.54. The molecule has 0 unspecified atom stereocenters. The van der Waals surface area contributed by atoms with Crippen LogP contribution in [0.2, 0.25) is 0 Å². The fourth-order valence-electron chi connectivity index (χ4n) is 5.58. The second-order valence-corrected chi connectivity index (χ2v) is 13.3. The van der Waals surface area contributed by atoms with Crippen molar-refractivity contribution in [1.82, 2.24) is 10.2 Å². The highest BCUT2D eigenvalue weighted by atomic mass is 32.2. The Labute approximate surface area is 251 Å². The Kier molecular flexibility index (Phi) is 10.4. The van der Waals surface area contributed by atoms with Crippen LogP contribution >= 0.6 is 0 Å². The van der Waals surface area contributed by atoms with E-state index in [2.05, 4.69) is 5.32 Å². The first-order valence-corrected chi connectivity index (χ1v) is 16.3. The first-order chi connectivity index (χ1) is 20.1. The molecule has 1 N–H and O–H groups in total. The Hall–Kier alpha value is -3.65. The van der Waals surface area contributed by atoms with Crippen LogP contribution in [0, 0.1) is 20.8 Å². The summed E-state index contributed by atoms with van der Waals surface area (Å²) in [6, 6.07) is 20.9. The minimum Gasteiger partial charge on any atom is -0.352 e. The van der Waals surface area contributed by atoms with Gasteiger partial charge < -0.3 is 10.2 Å². The van der Waals surface area contributed by atoms with Gasteiger partial charge >= 0.3 is 0 Å². The molecule has 1 aliphatic rings. The Bertz CT molecular complexity index is 1470. The summed E-state index contributed by atoms with van der Waals surface area (Å²) in [4.78, 5) is 29.6. The smallest absolute Gasteiger partial charge is 0.264 e. The molecule has 3 aromatic carbocycles. The van der Waals surface area contributed by atoms with Crippen LogP contribution < -0.4 is 9.62 Å². The summed E-state index contributed by atoms with van der Waals surface area (Å²) in [6.07, 6.45) is 5.61. The molecule has 1 aliphatic carbocycles. The summed E-state index contributed by atoms with van der Waals surface area (Å²) >= 11 is 0. The van der Waals surface area contributed by atoms with E-state index in [0.717, 1.165) is 47.9 Å². The third kappa shape index (κ3) is 7.59. The number of anilines is 1. The number of hydrogen-bond acceptors (Lipinski definition) is 4. The number of aryl methyl sites for hydroxylation is 3. The number of amides is 2. The minimum absolute atomic E-state index is 0.0986. The Morgan fingerprint density at radius 3 is 2.17 bits per heavy atom. The molecule has 8 heteroatoms. The Balaban J connectivity index is 1.72. The molecule has 0 aromatic heterocycles. The number of benzene rings is 3. The van der Waals surface area contributed by atoms with Gasteiger partial charge in [-0.15, -0.1) is 0 Å². The van der Waals surface area contributed by atoms with E-state index in [4.69, 9.17) is 0 Å². The third-order valence-corrected chi connectivity index (χ3v) is 9.83. The number of nitrogens with zero attached hydrogens (tertiary/aromatic N) is 2. The fraction of sp³-hybridized carbons (Fsp3) is 0.412. The predicted molar refractivity (Wildman–Crippen MR) is 168 cm³/mol. The van der Waals surface area contributed by atoms with Crippen LogP contribution in [0.4, 0.5) is 5.69 Å². The summed E-state index contributed by atoms with van der Waals surface area (Å²) < 4.78 is 29.3. The highest BCUT2D eigenvalue weighted by Gasteiger charge is 2.34. The quantitative estimate of drug-likeness (QED) is 0.294. The van der Waals surface area contributed by atoms with Crippen molar-refractivity contribution >= 4 is 27.5 Å². The van der Waals surface area contributed by atoms with E-state index in [9.17, 15) is 18.0 Å². The molecule has 224 valence electrons. The zero-order chi connectivity index (χ0) is 30.3. The van der Waals surface area contributed by atoms with Crippen LogP contribution in [0.5, 0.6) is 0 Å². The van der Waals surface area contributed by atoms with E-state index in [1.165, 1.54) is 22.9 Å². The van der Waals surface area contributed by atoms with Gasteiger partial charge in [0, 0.05) is 12.6 Å². The Morgan fingerprint density at radius 2 is 1.52 bits per heavy atom. The van der Waals surface area contributed by atoms with Crippen LogP contribution in [0.1, 0.15) is 67.7 Å². The van der Waals surface area contributed by atoms with Crippen LogP contribution in [-0.4, -0.2) is 43.8 Å². The zero-order valence-corrected chi connectivity index (χ0v) is 26.0. The molecule has 4 rings (SSSR count). The molecule has 0 aliphatic heterocycles. The van der Waals surface area contributed by atoms with E-state index in [-0.39, 0.29) is 23.4 Å². The highest BCUT2D eigenvalue weighted by Crippen LogP contribution is 2.29. The van der Waals surface area contributed by atoms with Gasteiger partial charge in [-0.3, -0.25) is 13.9 Å². The predicted octanol–water partition coefficient (Wildman–Crippen LogP) is 6.06. The van der Waals surface area contributed by atoms with Crippen LogP contribution in [0.25, 0.3) is 0 Å². The Morgan fingerprint density at radius 1 is 0.881 bits per heavy atom. The molecule has 0 bridgehead atoms. The number of hydrogen-bond donors (Lipinski definition) is 1. The molecule has 7 nitrogen and oxygen atoms in total. The molecule has 42 heavy (non-hydrogen) atoms. The molecule has 2 amide bonds. The fourth-order valence-corrected chi connectivity index (χ4v) is 7.07. The maximum Gasteiger partial charge on any atom is 0.264 e. The van der Waals surface area contributed by atoms with Gasteiger partial charge in [0.15, 0.2) is 0 Å².